The number of methoxy groups -OCH3 is 1. The molecule has 2 aromatic rings. The fourth-order valence-electron chi connectivity index (χ4n) is 3.29. The molecule has 0 aliphatic carbocycles. The number of benzene rings is 2. The number of hydrogen-bond donors (Lipinski definition) is 0. The predicted octanol–water partition coefficient (Wildman–Crippen LogP) is 4.05. The molecular formula is C21H24FNO3. The molecule has 1 fully saturated rings. The van der Waals surface area contributed by atoms with Gasteiger partial charge in [0, 0.05) is 6.07 Å². The molecule has 1 amide bonds. The van der Waals surface area contributed by atoms with Gasteiger partial charge in [0.05, 0.1) is 31.9 Å². The lowest BCUT2D eigenvalue weighted by Gasteiger charge is -2.38. The molecule has 2 atom stereocenters. The highest BCUT2D eigenvalue weighted by Crippen LogP contribution is 2.29. The number of rotatable bonds is 3. The third kappa shape index (κ3) is 3.58. The van der Waals surface area contributed by atoms with E-state index in [1.165, 1.54) is 19.2 Å². The Kier molecular flexibility index (Phi) is 5.28. The predicted molar refractivity (Wildman–Crippen MR) is 98.1 cm³/mol. The molecule has 0 aromatic heterocycles. The average molecular weight is 357 g/mol. The van der Waals surface area contributed by atoms with Crippen LogP contribution in [0.2, 0.25) is 0 Å². The number of amides is 1. The molecule has 3 rings (SSSR count). The summed E-state index contributed by atoms with van der Waals surface area (Å²) in [7, 11) is 1.47. The highest BCUT2D eigenvalue weighted by molar-refractivity contribution is 5.95. The number of hydrogen-bond acceptors (Lipinski definition) is 3. The van der Waals surface area contributed by atoms with Crippen molar-refractivity contribution < 1.29 is 18.7 Å². The van der Waals surface area contributed by atoms with E-state index in [0.717, 1.165) is 16.7 Å². The Morgan fingerprint density at radius 2 is 2.00 bits per heavy atom. The molecule has 1 saturated heterocycles. The zero-order valence-electron chi connectivity index (χ0n) is 15.6. The van der Waals surface area contributed by atoms with Crippen LogP contribution in [-0.2, 0) is 4.74 Å². The van der Waals surface area contributed by atoms with Crippen molar-refractivity contribution in [2.75, 3.05) is 20.3 Å². The summed E-state index contributed by atoms with van der Waals surface area (Å²) in [5.74, 6) is -0.505. The summed E-state index contributed by atoms with van der Waals surface area (Å²) in [5.41, 5.74) is 3.40. The van der Waals surface area contributed by atoms with Crippen molar-refractivity contribution in [2.45, 2.75) is 32.9 Å². The third-order valence-corrected chi connectivity index (χ3v) is 4.88. The average Bonchev–Trinajstić information content (AvgIpc) is 2.63. The summed E-state index contributed by atoms with van der Waals surface area (Å²) in [6, 6.07) is 10.4. The summed E-state index contributed by atoms with van der Waals surface area (Å²) in [5, 5.41) is 0. The van der Waals surface area contributed by atoms with Gasteiger partial charge in [-0.3, -0.25) is 4.79 Å². The molecule has 1 heterocycles. The number of morpholine rings is 1. The highest BCUT2D eigenvalue weighted by atomic mass is 19.1. The second-order valence-electron chi connectivity index (χ2n) is 6.83. The Labute approximate surface area is 153 Å². The van der Waals surface area contributed by atoms with E-state index in [2.05, 4.69) is 18.2 Å². The van der Waals surface area contributed by atoms with Crippen molar-refractivity contribution in [1.29, 1.82) is 0 Å². The largest absolute Gasteiger partial charge is 0.497 e. The molecule has 138 valence electrons. The van der Waals surface area contributed by atoms with Crippen LogP contribution in [0.15, 0.2) is 36.4 Å². The van der Waals surface area contributed by atoms with Crippen LogP contribution >= 0.6 is 0 Å². The first-order valence-electron chi connectivity index (χ1n) is 8.74. The first-order valence-corrected chi connectivity index (χ1v) is 8.74. The van der Waals surface area contributed by atoms with Crippen molar-refractivity contribution in [3.63, 3.8) is 0 Å². The topological polar surface area (TPSA) is 38.8 Å². The van der Waals surface area contributed by atoms with E-state index in [1.807, 2.05) is 20.8 Å². The van der Waals surface area contributed by atoms with Crippen LogP contribution in [0.4, 0.5) is 4.39 Å². The van der Waals surface area contributed by atoms with Crippen LogP contribution in [0, 0.1) is 19.7 Å². The molecule has 2 aromatic carbocycles. The fourth-order valence-corrected chi connectivity index (χ4v) is 3.29. The summed E-state index contributed by atoms with van der Waals surface area (Å²) in [6.45, 7) is 6.80. The second-order valence-corrected chi connectivity index (χ2v) is 6.83. The zero-order chi connectivity index (χ0) is 18.8. The first kappa shape index (κ1) is 18.4. The van der Waals surface area contributed by atoms with Crippen LogP contribution in [0.1, 0.15) is 40.1 Å². The number of aryl methyl sites for hydroxylation is 2. The van der Waals surface area contributed by atoms with Gasteiger partial charge in [0.15, 0.2) is 0 Å². The van der Waals surface area contributed by atoms with Gasteiger partial charge in [-0.1, -0.05) is 23.8 Å². The van der Waals surface area contributed by atoms with Crippen LogP contribution in [0.3, 0.4) is 0 Å². The maximum atomic E-state index is 14.3. The SMILES string of the molecule is COc1ccc(C(=O)N2C[C@H](c3cc(C)ccc3C)OC[C@H]2C)c(F)c1. The molecule has 0 bridgehead atoms. The smallest absolute Gasteiger partial charge is 0.257 e. The number of nitrogens with zero attached hydrogens (tertiary/aromatic N) is 1. The Morgan fingerprint density at radius 3 is 2.69 bits per heavy atom. The molecule has 0 saturated carbocycles. The Balaban J connectivity index is 1.86. The Hall–Kier alpha value is -2.40. The maximum absolute atomic E-state index is 14.3. The quantitative estimate of drug-likeness (QED) is 0.832. The van der Waals surface area contributed by atoms with Gasteiger partial charge in [0.2, 0.25) is 0 Å². The van der Waals surface area contributed by atoms with Gasteiger partial charge in [0.1, 0.15) is 17.7 Å². The molecule has 26 heavy (non-hydrogen) atoms. The summed E-state index contributed by atoms with van der Waals surface area (Å²) in [4.78, 5) is 14.6. The van der Waals surface area contributed by atoms with Crippen molar-refractivity contribution in [1.82, 2.24) is 4.90 Å². The Morgan fingerprint density at radius 1 is 1.23 bits per heavy atom. The van der Waals surface area contributed by atoms with Crippen molar-refractivity contribution in [3.8, 4) is 5.75 Å². The van der Waals surface area contributed by atoms with Gasteiger partial charge in [-0.05, 0) is 44.0 Å². The van der Waals surface area contributed by atoms with Crippen molar-refractivity contribution in [2.24, 2.45) is 0 Å². The minimum absolute atomic E-state index is 0.0549. The lowest BCUT2D eigenvalue weighted by molar-refractivity contribution is -0.0490. The molecule has 4 nitrogen and oxygen atoms in total. The molecule has 5 heteroatoms. The summed E-state index contributed by atoms with van der Waals surface area (Å²) >= 11 is 0. The number of carbonyl (C=O) groups excluding carboxylic acids is 1. The lowest BCUT2D eigenvalue weighted by Crippen LogP contribution is -2.48. The Bertz CT molecular complexity index is 821. The molecule has 1 aliphatic rings. The third-order valence-electron chi connectivity index (χ3n) is 4.88. The van der Waals surface area contributed by atoms with Gasteiger partial charge < -0.3 is 14.4 Å². The van der Waals surface area contributed by atoms with Gasteiger partial charge in [-0.25, -0.2) is 4.39 Å². The van der Waals surface area contributed by atoms with Crippen molar-refractivity contribution in [3.05, 3.63) is 64.5 Å². The second kappa shape index (κ2) is 7.46. The molecule has 0 spiro atoms. The molecule has 0 N–H and O–H groups in total. The van der Waals surface area contributed by atoms with E-state index in [0.29, 0.717) is 18.9 Å². The van der Waals surface area contributed by atoms with Crippen molar-refractivity contribution >= 4 is 5.91 Å². The monoisotopic (exact) mass is 357 g/mol. The van der Waals surface area contributed by atoms with Gasteiger partial charge >= 0.3 is 0 Å². The van der Waals surface area contributed by atoms with E-state index >= 15 is 0 Å². The van der Waals surface area contributed by atoms with Crippen LogP contribution < -0.4 is 4.74 Å². The number of ether oxygens (including phenoxy) is 2. The first-order chi connectivity index (χ1) is 12.4. The number of halogens is 1. The normalized spacial score (nSPS) is 20.1. The fraction of sp³-hybridized carbons (Fsp3) is 0.381. The maximum Gasteiger partial charge on any atom is 0.257 e. The van der Waals surface area contributed by atoms with Gasteiger partial charge in [-0.15, -0.1) is 0 Å². The zero-order valence-corrected chi connectivity index (χ0v) is 15.6. The molecular weight excluding hydrogens is 333 g/mol. The van der Waals surface area contributed by atoms with Crippen LogP contribution in [0.25, 0.3) is 0 Å². The molecule has 1 aliphatic heterocycles. The van der Waals surface area contributed by atoms with E-state index in [9.17, 15) is 9.18 Å². The van der Waals surface area contributed by atoms with Gasteiger partial charge in [-0.2, -0.15) is 0 Å². The summed E-state index contributed by atoms with van der Waals surface area (Å²) < 4.78 is 25.3. The van der Waals surface area contributed by atoms with Crippen LogP contribution in [-0.4, -0.2) is 37.1 Å². The lowest BCUT2D eigenvalue weighted by atomic mass is 9.98. The standard InChI is InChI=1S/C21H24FNO3/c1-13-5-6-14(2)18(9-13)20-11-23(15(3)12-26-20)21(24)17-8-7-16(25-4)10-19(17)22/h5-10,15,20H,11-12H2,1-4H3/t15-,20-/m1/s1. The molecule has 0 unspecified atom stereocenters. The minimum Gasteiger partial charge on any atom is -0.497 e. The molecule has 0 radical (unpaired) electrons. The van der Waals surface area contributed by atoms with E-state index in [-0.39, 0.29) is 23.6 Å². The van der Waals surface area contributed by atoms with E-state index < -0.39 is 5.82 Å². The van der Waals surface area contributed by atoms with E-state index in [4.69, 9.17) is 9.47 Å². The van der Waals surface area contributed by atoms with Crippen LogP contribution in [0.5, 0.6) is 5.75 Å². The van der Waals surface area contributed by atoms with E-state index in [1.54, 1.807) is 11.0 Å². The minimum atomic E-state index is -0.573. The van der Waals surface area contributed by atoms with Gasteiger partial charge in [0.25, 0.3) is 5.91 Å². The highest BCUT2D eigenvalue weighted by Gasteiger charge is 2.32. The number of carbonyl (C=O) groups is 1. The summed E-state index contributed by atoms with van der Waals surface area (Å²) in [6.07, 6.45) is -0.212.